The van der Waals surface area contributed by atoms with Gasteiger partial charge in [0.15, 0.2) is 0 Å². The second kappa shape index (κ2) is 5.95. The van der Waals surface area contributed by atoms with Crippen LogP contribution in [-0.4, -0.2) is 10.9 Å². The topological polar surface area (TPSA) is 41.8 Å². The number of nitrogens with zero attached hydrogens (tertiary/aromatic N) is 1. The molecule has 2 aromatic carbocycles. The molecule has 0 amide bonds. The van der Waals surface area contributed by atoms with E-state index < -0.39 is 0 Å². The molecule has 5 heteroatoms. The number of oxime groups is 1. The molecule has 0 aliphatic heterocycles. The van der Waals surface area contributed by atoms with Crippen molar-refractivity contribution in [2.24, 2.45) is 5.16 Å². The Labute approximate surface area is 121 Å². The van der Waals surface area contributed by atoms with Gasteiger partial charge in [0.05, 0.1) is 10.7 Å². The van der Waals surface area contributed by atoms with Crippen LogP contribution in [0, 0.1) is 0 Å². The molecule has 2 aromatic rings. The second-order valence-corrected chi connectivity index (χ2v) is 4.73. The Kier molecular flexibility index (Phi) is 4.30. The minimum Gasteiger partial charge on any atom is -0.457 e. The molecule has 0 aliphatic carbocycles. The van der Waals surface area contributed by atoms with Crippen molar-refractivity contribution in [1.82, 2.24) is 0 Å². The van der Waals surface area contributed by atoms with E-state index in [0.29, 0.717) is 32.8 Å². The Morgan fingerprint density at radius 2 is 1.68 bits per heavy atom. The molecule has 0 fully saturated rings. The Morgan fingerprint density at radius 1 is 1.05 bits per heavy atom. The predicted octanol–water partition coefficient (Wildman–Crippen LogP) is 4.98. The van der Waals surface area contributed by atoms with Crippen molar-refractivity contribution < 1.29 is 9.94 Å². The molecule has 0 unspecified atom stereocenters. The van der Waals surface area contributed by atoms with Crippen LogP contribution in [0.2, 0.25) is 10.0 Å². The number of hydrogen-bond acceptors (Lipinski definition) is 3. The van der Waals surface area contributed by atoms with E-state index in [2.05, 4.69) is 5.16 Å². The van der Waals surface area contributed by atoms with E-state index in [1.54, 1.807) is 49.4 Å². The second-order valence-electron chi connectivity index (χ2n) is 3.88. The minimum absolute atomic E-state index is 0.447. The van der Waals surface area contributed by atoms with Crippen molar-refractivity contribution in [1.29, 1.82) is 0 Å². The largest absolute Gasteiger partial charge is 0.457 e. The average molecular weight is 296 g/mol. The highest BCUT2D eigenvalue weighted by atomic mass is 35.5. The summed E-state index contributed by atoms with van der Waals surface area (Å²) in [5, 5.41) is 13.0. The molecule has 1 N–H and O–H groups in total. The maximum absolute atomic E-state index is 8.73. The molecule has 19 heavy (non-hydrogen) atoms. The van der Waals surface area contributed by atoms with Crippen molar-refractivity contribution >= 4 is 28.9 Å². The molecule has 0 spiro atoms. The fourth-order valence-electron chi connectivity index (χ4n) is 1.55. The zero-order chi connectivity index (χ0) is 13.8. The van der Waals surface area contributed by atoms with Crippen LogP contribution in [0.15, 0.2) is 47.6 Å². The summed E-state index contributed by atoms with van der Waals surface area (Å²) in [5.41, 5.74) is 1.11. The van der Waals surface area contributed by atoms with Crippen molar-refractivity contribution in [3.8, 4) is 11.5 Å². The highest BCUT2D eigenvalue weighted by Gasteiger charge is 2.06. The normalized spacial score (nSPS) is 11.4. The van der Waals surface area contributed by atoms with E-state index in [0.717, 1.165) is 0 Å². The molecule has 2 rings (SSSR count). The Bertz CT molecular complexity index is 609. The van der Waals surface area contributed by atoms with Gasteiger partial charge in [-0.25, -0.2) is 0 Å². The van der Waals surface area contributed by atoms with E-state index in [-0.39, 0.29) is 0 Å². The van der Waals surface area contributed by atoms with E-state index >= 15 is 0 Å². The van der Waals surface area contributed by atoms with Crippen LogP contribution in [0.1, 0.15) is 12.5 Å². The molecule has 0 aliphatic rings. The van der Waals surface area contributed by atoms with Gasteiger partial charge in [-0.05, 0) is 43.3 Å². The van der Waals surface area contributed by atoms with Gasteiger partial charge in [-0.15, -0.1) is 0 Å². The van der Waals surface area contributed by atoms with E-state index in [1.165, 1.54) is 0 Å². The molecular weight excluding hydrogens is 285 g/mol. The monoisotopic (exact) mass is 295 g/mol. The van der Waals surface area contributed by atoms with Gasteiger partial charge in [-0.1, -0.05) is 28.4 Å². The minimum atomic E-state index is 0.447. The maximum Gasteiger partial charge on any atom is 0.128 e. The first-order valence-corrected chi connectivity index (χ1v) is 6.28. The van der Waals surface area contributed by atoms with Crippen LogP contribution in [0.4, 0.5) is 0 Å². The molecule has 0 atom stereocenters. The number of halogens is 2. The molecule has 3 nitrogen and oxygen atoms in total. The van der Waals surface area contributed by atoms with E-state index in [1.807, 2.05) is 0 Å². The Balaban J connectivity index is 2.23. The van der Waals surface area contributed by atoms with Gasteiger partial charge >= 0.3 is 0 Å². The van der Waals surface area contributed by atoms with Crippen molar-refractivity contribution in [2.45, 2.75) is 6.92 Å². The lowest BCUT2D eigenvalue weighted by Crippen LogP contribution is -1.96. The van der Waals surface area contributed by atoms with Crippen LogP contribution in [-0.2, 0) is 0 Å². The lowest BCUT2D eigenvalue weighted by atomic mass is 10.1. The Morgan fingerprint density at radius 3 is 2.26 bits per heavy atom. The van der Waals surface area contributed by atoms with Crippen molar-refractivity contribution in [3.05, 3.63) is 58.1 Å². The summed E-state index contributed by atoms with van der Waals surface area (Å²) in [6, 6.07) is 12.2. The zero-order valence-electron chi connectivity index (χ0n) is 10.1. The number of benzene rings is 2. The third-order valence-corrected chi connectivity index (χ3v) is 3.09. The summed E-state index contributed by atoms with van der Waals surface area (Å²) >= 11 is 11.9. The first-order chi connectivity index (χ1) is 9.10. The number of rotatable bonds is 3. The van der Waals surface area contributed by atoms with Crippen LogP contribution >= 0.6 is 23.2 Å². The van der Waals surface area contributed by atoms with E-state index in [9.17, 15) is 0 Å². The van der Waals surface area contributed by atoms with Gasteiger partial charge in [0.1, 0.15) is 11.5 Å². The first kappa shape index (κ1) is 13.7. The van der Waals surface area contributed by atoms with Crippen molar-refractivity contribution in [2.75, 3.05) is 0 Å². The third kappa shape index (κ3) is 3.40. The lowest BCUT2D eigenvalue weighted by Gasteiger charge is -2.08. The molecule has 0 aromatic heterocycles. The maximum atomic E-state index is 8.73. The van der Waals surface area contributed by atoms with Gasteiger partial charge in [0.25, 0.3) is 0 Å². The summed E-state index contributed by atoms with van der Waals surface area (Å²) in [5.74, 6) is 1.27. The highest BCUT2D eigenvalue weighted by molar-refractivity contribution is 6.34. The van der Waals surface area contributed by atoms with Gasteiger partial charge in [-0.3, -0.25) is 0 Å². The van der Waals surface area contributed by atoms with Gasteiger partial charge in [-0.2, -0.15) is 0 Å². The first-order valence-electron chi connectivity index (χ1n) is 5.52. The molecule has 0 saturated carbocycles. The summed E-state index contributed by atoms with van der Waals surface area (Å²) in [6.07, 6.45) is 0. The molecule has 0 heterocycles. The zero-order valence-corrected chi connectivity index (χ0v) is 11.6. The molecule has 98 valence electrons. The van der Waals surface area contributed by atoms with Crippen LogP contribution in [0.25, 0.3) is 0 Å². The summed E-state index contributed by atoms with van der Waals surface area (Å²) in [4.78, 5) is 0. The van der Waals surface area contributed by atoms with Crippen molar-refractivity contribution in [3.63, 3.8) is 0 Å². The summed E-state index contributed by atoms with van der Waals surface area (Å²) in [7, 11) is 0. The summed E-state index contributed by atoms with van der Waals surface area (Å²) < 4.78 is 5.64. The number of hydrogen-bond donors (Lipinski definition) is 1. The predicted molar refractivity (Wildman–Crippen MR) is 77.0 cm³/mol. The molecule has 0 radical (unpaired) electrons. The molecule has 0 bridgehead atoms. The highest BCUT2D eigenvalue weighted by Crippen LogP contribution is 2.27. The van der Waals surface area contributed by atoms with Gasteiger partial charge < -0.3 is 9.94 Å². The van der Waals surface area contributed by atoms with Crippen LogP contribution in [0.5, 0.6) is 11.5 Å². The quantitative estimate of drug-likeness (QED) is 0.493. The third-order valence-electron chi connectivity index (χ3n) is 2.53. The van der Waals surface area contributed by atoms with E-state index in [4.69, 9.17) is 33.1 Å². The van der Waals surface area contributed by atoms with Gasteiger partial charge in [0, 0.05) is 16.7 Å². The number of ether oxygens (including phenoxy) is 1. The lowest BCUT2D eigenvalue weighted by molar-refractivity contribution is 0.319. The molecular formula is C14H11Cl2NO2. The standard InChI is InChI=1S/C14H11Cl2NO2/c1-9(17-18)13-7-6-12(8-14(13)16)19-11-4-2-10(15)3-5-11/h2-8,18H,1H3/b17-9-. The fraction of sp³-hybridized carbons (Fsp3) is 0.0714. The van der Waals surface area contributed by atoms with Gasteiger partial charge in [0.2, 0.25) is 0 Å². The SMILES string of the molecule is C/C(=N/O)c1ccc(Oc2ccc(Cl)cc2)cc1Cl. The Hall–Kier alpha value is -1.71. The average Bonchev–Trinajstić information content (AvgIpc) is 2.41. The fourth-order valence-corrected chi connectivity index (χ4v) is 1.98. The summed E-state index contributed by atoms with van der Waals surface area (Å²) in [6.45, 7) is 1.67. The molecule has 0 saturated heterocycles. The smallest absolute Gasteiger partial charge is 0.128 e. The van der Waals surface area contributed by atoms with Crippen LogP contribution in [0.3, 0.4) is 0 Å². The van der Waals surface area contributed by atoms with Crippen LogP contribution < -0.4 is 4.74 Å².